The van der Waals surface area contributed by atoms with Crippen molar-refractivity contribution in [1.29, 1.82) is 0 Å². The molecule has 0 amide bonds. The number of nitro groups is 4. The maximum absolute atomic E-state index is 12.3. The first-order valence-electron chi connectivity index (χ1n) is 25.3. The Bertz CT molecular complexity index is 4080. The molecule has 8 aromatic rings. The molecular formula is C57H48N12O16. The highest BCUT2D eigenvalue weighted by Crippen LogP contribution is 2.56. The molecule has 28 nitrogen and oxygen atoms in total. The van der Waals surface area contributed by atoms with Crippen molar-refractivity contribution in [2.24, 2.45) is 40.9 Å². The first kappa shape index (κ1) is 59.3. The number of azo groups is 4. The monoisotopic (exact) mass is 1160 g/mol. The Morgan fingerprint density at radius 2 is 0.518 bits per heavy atom. The van der Waals surface area contributed by atoms with Crippen molar-refractivity contribution in [3.8, 4) is 46.0 Å². The Labute approximate surface area is 479 Å². The number of phenolic OH excluding ortho intramolecular Hbond substituents is 8. The van der Waals surface area contributed by atoms with Gasteiger partial charge in [0.25, 0.3) is 22.7 Å². The van der Waals surface area contributed by atoms with E-state index in [4.69, 9.17) is 0 Å². The Kier molecular flexibility index (Phi) is 17.1. The molecule has 8 rings (SSSR count). The number of benzene rings is 8. The van der Waals surface area contributed by atoms with Gasteiger partial charge in [-0.3, -0.25) is 40.5 Å². The lowest BCUT2D eigenvalue weighted by Crippen LogP contribution is -2.06. The highest BCUT2D eigenvalue weighted by atomic mass is 16.6. The van der Waals surface area contributed by atoms with Crippen LogP contribution >= 0.6 is 0 Å². The van der Waals surface area contributed by atoms with Crippen LogP contribution in [-0.4, -0.2) is 60.5 Å². The quantitative estimate of drug-likeness (QED) is 0.0212. The minimum atomic E-state index is -1.26. The molecule has 0 aromatic heterocycles. The molecule has 3 atom stereocenters. The summed E-state index contributed by atoms with van der Waals surface area (Å²) >= 11 is 0. The van der Waals surface area contributed by atoms with Gasteiger partial charge in [-0.1, -0.05) is 40.7 Å². The fraction of sp³-hybridized carbons (Fsp3) is 0.158. The molecule has 0 spiro atoms. The van der Waals surface area contributed by atoms with Crippen molar-refractivity contribution >= 4 is 68.2 Å². The van der Waals surface area contributed by atoms with E-state index in [1.165, 1.54) is 117 Å². The number of nitrogens with zero attached hydrogens (tertiary/aromatic N) is 12. The number of hydrogen-bond acceptors (Lipinski definition) is 24. The lowest BCUT2D eigenvalue weighted by Gasteiger charge is -2.25. The summed E-state index contributed by atoms with van der Waals surface area (Å²) in [4.78, 5) is 42.9. The molecule has 0 fully saturated rings. The number of hydrogen-bond donors (Lipinski definition) is 8. The fourth-order valence-corrected chi connectivity index (χ4v) is 8.97. The van der Waals surface area contributed by atoms with E-state index in [0.29, 0.717) is 0 Å². The van der Waals surface area contributed by atoms with E-state index in [0.717, 1.165) is 24.3 Å². The minimum absolute atomic E-state index is 0.00644. The van der Waals surface area contributed by atoms with Crippen molar-refractivity contribution < 1.29 is 60.5 Å². The maximum atomic E-state index is 12.3. The second kappa shape index (κ2) is 24.5. The number of aromatic hydroxyl groups is 8. The van der Waals surface area contributed by atoms with Crippen LogP contribution in [0.4, 0.5) is 68.2 Å². The Morgan fingerprint density at radius 3 is 0.776 bits per heavy atom. The van der Waals surface area contributed by atoms with Crippen LogP contribution in [0.5, 0.6) is 46.0 Å². The van der Waals surface area contributed by atoms with Gasteiger partial charge in [0.1, 0.15) is 11.5 Å². The van der Waals surface area contributed by atoms with Gasteiger partial charge in [0.15, 0.2) is 57.2 Å². The smallest absolute Gasteiger partial charge is 0.269 e. The van der Waals surface area contributed by atoms with E-state index in [2.05, 4.69) is 40.9 Å². The Morgan fingerprint density at radius 1 is 0.294 bits per heavy atom. The third-order valence-corrected chi connectivity index (χ3v) is 13.8. The summed E-state index contributed by atoms with van der Waals surface area (Å²) in [7, 11) is 0. The van der Waals surface area contributed by atoms with Crippen LogP contribution in [-0.2, 0) is 0 Å². The zero-order valence-corrected chi connectivity index (χ0v) is 45.1. The third kappa shape index (κ3) is 12.4. The molecule has 28 heteroatoms. The van der Waals surface area contributed by atoms with Gasteiger partial charge in [0.05, 0.1) is 42.4 Å². The number of non-ortho nitro benzene ring substituents is 4. The molecule has 0 radical (unpaired) electrons. The summed E-state index contributed by atoms with van der Waals surface area (Å²) < 4.78 is 0. The lowest BCUT2D eigenvalue weighted by molar-refractivity contribution is -0.385. The molecule has 3 unspecified atom stereocenters. The van der Waals surface area contributed by atoms with Gasteiger partial charge < -0.3 is 40.9 Å². The van der Waals surface area contributed by atoms with Crippen LogP contribution in [0.1, 0.15) is 97.2 Å². The molecule has 432 valence electrons. The van der Waals surface area contributed by atoms with Gasteiger partial charge in [-0.15, -0.1) is 20.5 Å². The van der Waals surface area contributed by atoms with Crippen LogP contribution in [0.25, 0.3) is 0 Å². The van der Waals surface area contributed by atoms with Gasteiger partial charge in [-0.05, 0) is 84.3 Å². The highest BCUT2D eigenvalue weighted by Gasteiger charge is 2.33. The van der Waals surface area contributed by atoms with Crippen molar-refractivity contribution in [3.63, 3.8) is 0 Å². The van der Waals surface area contributed by atoms with Crippen molar-refractivity contribution in [2.75, 3.05) is 0 Å². The average Bonchev–Trinajstić information content (AvgIpc) is 3.66. The van der Waals surface area contributed by atoms with Crippen LogP contribution in [0.2, 0.25) is 0 Å². The summed E-state index contributed by atoms with van der Waals surface area (Å²) in [6.07, 6.45) is 0. The predicted octanol–water partition coefficient (Wildman–Crippen LogP) is 16.2. The molecule has 0 aliphatic carbocycles. The Balaban J connectivity index is 1.32. The lowest BCUT2D eigenvalue weighted by atomic mass is 9.82. The van der Waals surface area contributed by atoms with E-state index in [9.17, 15) is 81.3 Å². The fourth-order valence-electron chi connectivity index (χ4n) is 8.97. The molecule has 0 bridgehead atoms. The standard InChI is InChI=1S/C57H48N12O16/c1-27(2)40-24-41(53(73)48(52(40)72)63-59-32-8-16-36(17-9-32)67(80)81)29(4)44-26-45(57(77)50(56(44)76)65-61-34-12-20-38(21-13-34)69(84)85)30(5)43-25-42(54(74)49(55(43)75)64-60-33-10-18-37(19-11-33)68(82)83)28(3)39-22-23-46(70)47(51(39)71)62-58-31-6-14-35(15-7-31)66(78)79/h6-30,70-77H,1-5H3. The zero-order valence-electron chi connectivity index (χ0n) is 45.1. The van der Waals surface area contributed by atoms with Crippen LogP contribution in [0.3, 0.4) is 0 Å². The summed E-state index contributed by atoms with van der Waals surface area (Å²) in [5.74, 6) is -9.10. The van der Waals surface area contributed by atoms with E-state index in [-0.39, 0.29) is 84.4 Å². The second-order valence-corrected chi connectivity index (χ2v) is 19.4. The predicted molar refractivity (Wildman–Crippen MR) is 305 cm³/mol. The summed E-state index contributed by atoms with van der Waals surface area (Å²) in [6.45, 7) is 8.04. The van der Waals surface area contributed by atoms with Gasteiger partial charge >= 0.3 is 0 Å². The number of phenols is 8. The first-order chi connectivity index (χ1) is 40.4. The number of nitro benzene ring substituents is 4. The van der Waals surface area contributed by atoms with Gasteiger partial charge in [0.2, 0.25) is 0 Å². The molecule has 0 heterocycles. The molecule has 85 heavy (non-hydrogen) atoms. The minimum Gasteiger partial charge on any atom is -0.505 e. The van der Waals surface area contributed by atoms with Crippen molar-refractivity contribution in [3.05, 3.63) is 207 Å². The van der Waals surface area contributed by atoms with Gasteiger partial charge in [-0.25, -0.2) is 0 Å². The molecule has 8 aromatic carbocycles. The maximum Gasteiger partial charge on any atom is 0.269 e. The van der Waals surface area contributed by atoms with E-state index in [1.54, 1.807) is 20.8 Å². The summed E-state index contributed by atoms with van der Waals surface area (Å²) in [6, 6.07) is 26.0. The number of rotatable bonds is 19. The van der Waals surface area contributed by atoms with Crippen LogP contribution < -0.4 is 0 Å². The van der Waals surface area contributed by atoms with Crippen LogP contribution in [0, 0.1) is 40.5 Å². The summed E-state index contributed by atoms with van der Waals surface area (Å²) in [5.41, 5.74) is -2.84. The van der Waals surface area contributed by atoms with Crippen molar-refractivity contribution in [2.45, 2.75) is 58.3 Å². The first-order valence-corrected chi connectivity index (χ1v) is 25.3. The molecule has 0 aliphatic rings. The highest BCUT2D eigenvalue weighted by molar-refractivity contribution is 5.76. The normalized spacial score (nSPS) is 12.8. The Hall–Kier alpha value is -11.8. The molecule has 8 N–H and O–H groups in total. The van der Waals surface area contributed by atoms with E-state index in [1.807, 2.05) is 0 Å². The molecule has 0 saturated carbocycles. The summed E-state index contributed by atoms with van der Waals surface area (Å²) in [5, 5.41) is 173. The van der Waals surface area contributed by atoms with Gasteiger partial charge in [-0.2, -0.15) is 20.5 Å². The largest absolute Gasteiger partial charge is 0.505 e. The third-order valence-electron chi connectivity index (χ3n) is 13.8. The topological polar surface area (TPSA) is 433 Å². The van der Waals surface area contributed by atoms with E-state index < -0.39 is 112 Å². The SMILES string of the molecule is CC(C)c1cc(C(C)c2cc(C(C)c3cc(C(C)c4ccc(O)c(N=Nc5ccc([N+](=O)[O-])cc5)c4O)c(O)c(N=Nc4ccc([N+](=O)[O-])cc4)c3O)c(O)c(N=Nc3ccc([N+](=O)[O-])cc3)c2O)c(O)c(N=Nc2ccc([N+](=O)[O-])cc2)c1O. The van der Waals surface area contributed by atoms with Crippen molar-refractivity contribution in [1.82, 2.24) is 0 Å². The molecular weight excluding hydrogens is 1110 g/mol. The van der Waals surface area contributed by atoms with Gasteiger partial charge in [0, 0.05) is 99.7 Å². The van der Waals surface area contributed by atoms with Crippen LogP contribution in [0.15, 0.2) is 168 Å². The molecule has 0 aliphatic heterocycles. The van der Waals surface area contributed by atoms with E-state index >= 15 is 0 Å². The molecule has 0 saturated heterocycles. The average molecular weight is 1160 g/mol. The second-order valence-electron chi connectivity index (χ2n) is 19.4. The zero-order chi connectivity index (χ0) is 61.7.